The number of hydrogen-bond acceptors (Lipinski definition) is 5. The number of nitrogens with one attached hydrogen (secondary N) is 1. The minimum atomic E-state index is -0.548. The molecule has 1 aromatic carbocycles. The predicted octanol–water partition coefficient (Wildman–Crippen LogP) is 2.74. The molecule has 1 aliphatic heterocycles. The highest BCUT2D eigenvalue weighted by atomic mass is 35.5. The number of carbonyl (C=O) groups excluding carboxylic acids is 1. The number of nitro benzene ring substituents is 1. The van der Waals surface area contributed by atoms with Gasteiger partial charge in [0.15, 0.2) is 0 Å². The van der Waals surface area contributed by atoms with Crippen molar-refractivity contribution in [3.05, 3.63) is 43.8 Å². The number of hydrogen-bond donors (Lipinski definition) is 1. The van der Waals surface area contributed by atoms with E-state index in [1.54, 1.807) is 0 Å². The first-order valence-electron chi connectivity index (χ1n) is 4.66. The van der Waals surface area contributed by atoms with Gasteiger partial charge in [0.1, 0.15) is 4.32 Å². The SMILES string of the molecule is O=C1NC(=S)S/C1=C\c1ccc(Cl)cc1[N+](=O)[O-]. The molecule has 1 N–H and O–H groups in total. The average molecular weight is 301 g/mol. The van der Waals surface area contributed by atoms with Gasteiger partial charge in [-0.1, -0.05) is 35.6 Å². The first-order chi connectivity index (χ1) is 8.47. The molecule has 0 bridgehead atoms. The van der Waals surface area contributed by atoms with Gasteiger partial charge in [-0.15, -0.1) is 0 Å². The molecule has 0 spiro atoms. The molecule has 8 heteroatoms. The molecule has 1 fully saturated rings. The van der Waals surface area contributed by atoms with Gasteiger partial charge in [0.2, 0.25) is 0 Å². The Morgan fingerprint density at radius 3 is 2.78 bits per heavy atom. The summed E-state index contributed by atoms with van der Waals surface area (Å²) in [5.41, 5.74) is 0.160. The summed E-state index contributed by atoms with van der Waals surface area (Å²) in [4.78, 5) is 22.1. The lowest BCUT2D eigenvalue weighted by molar-refractivity contribution is -0.385. The van der Waals surface area contributed by atoms with Crippen molar-refractivity contribution in [2.45, 2.75) is 0 Å². The van der Waals surface area contributed by atoms with Crippen LogP contribution in [0.4, 0.5) is 5.69 Å². The maximum atomic E-state index is 11.5. The lowest BCUT2D eigenvalue weighted by atomic mass is 10.1. The molecule has 1 saturated heterocycles. The molecule has 1 aromatic rings. The molecular weight excluding hydrogens is 296 g/mol. The number of nitrogens with zero attached hydrogens (tertiary/aromatic N) is 1. The highest BCUT2D eigenvalue weighted by Crippen LogP contribution is 2.30. The summed E-state index contributed by atoms with van der Waals surface area (Å²) in [6.07, 6.45) is 1.42. The molecule has 0 saturated carbocycles. The quantitative estimate of drug-likeness (QED) is 0.393. The zero-order valence-corrected chi connectivity index (χ0v) is 11.1. The van der Waals surface area contributed by atoms with Gasteiger partial charge in [0.25, 0.3) is 11.6 Å². The predicted molar refractivity (Wildman–Crippen MR) is 74.4 cm³/mol. The monoisotopic (exact) mass is 300 g/mol. The summed E-state index contributed by atoms with van der Waals surface area (Å²) in [6.45, 7) is 0. The molecule has 0 aliphatic carbocycles. The van der Waals surface area contributed by atoms with Gasteiger partial charge in [0.05, 0.1) is 15.4 Å². The van der Waals surface area contributed by atoms with Crippen LogP contribution in [0.2, 0.25) is 5.02 Å². The first-order valence-corrected chi connectivity index (χ1v) is 6.26. The van der Waals surface area contributed by atoms with E-state index in [4.69, 9.17) is 23.8 Å². The van der Waals surface area contributed by atoms with Crippen LogP contribution in [0.25, 0.3) is 6.08 Å². The molecule has 1 heterocycles. The van der Waals surface area contributed by atoms with E-state index in [0.29, 0.717) is 14.8 Å². The van der Waals surface area contributed by atoms with E-state index in [-0.39, 0.29) is 16.6 Å². The van der Waals surface area contributed by atoms with Crippen LogP contribution in [-0.2, 0) is 4.79 Å². The van der Waals surface area contributed by atoms with Gasteiger partial charge >= 0.3 is 0 Å². The number of rotatable bonds is 2. The van der Waals surface area contributed by atoms with Crippen LogP contribution in [0.5, 0.6) is 0 Å². The van der Waals surface area contributed by atoms with Gasteiger partial charge in [-0.05, 0) is 18.2 Å². The van der Waals surface area contributed by atoms with Crippen molar-refractivity contribution in [1.82, 2.24) is 5.32 Å². The lowest BCUT2D eigenvalue weighted by Gasteiger charge is -1.99. The van der Waals surface area contributed by atoms with Crippen molar-refractivity contribution >= 4 is 57.6 Å². The largest absolute Gasteiger partial charge is 0.307 e. The van der Waals surface area contributed by atoms with Crippen LogP contribution >= 0.6 is 35.6 Å². The van der Waals surface area contributed by atoms with Gasteiger partial charge in [-0.3, -0.25) is 14.9 Å². The molecule has 1 amide bonds. The Balaban J connectivity index is 2.46. The van der Waals surface area contributed by atoms with Crippen molar-refractivity contribution in [2.75, 3.05) is 0 Å². The van der Waals surface area contributed by atoms with E-state index in [1.807, 2.05) is 0 Å². The van der Waals surface area contributed by atoms with E-state index >= 15 is 0 Å². The second kappa shape index (κ2) is 5.05. The molecule has 18 heavy (non-hydrogen) atoms. The van der Waals surface area contributed by atoms with Crippen molar-refractivity contribution in [3.63, 3.8) is 0 Å². The van der Waals surface area contributed by atoms with Crippen LogP contribution in [0.15, 0.2) is 23.1 Å². The first kappa shape index (κ1) is 13.0. The maximum Gasteiger partial charge on any atom is 0.278 e. The van der Waals surface area contributed by atoms with Crippen molar-refractivity contribution in [2.24, 2.45) is 0 Å². The summed E-state index contributed by atoms with van der Waals surface area (Å²) < 4.78 is 0.336. The van der Waals surface area contributed by atoms with E-state index in [0.717, 1.165) is 11.8 Å². The topological polar surface area (TPSA) is 72.2 Å². The maximum absolute atomic E-state index is 11.5. The Hall–Kier alpha value is -1.44. The fourth-order valence-corrected chi connectivity index (χ4v) is 2.56. The van der Waals surface area contributed by atoms with Crippen molar-refractivity contribution in [3.8, 4) is 0 Å². The fraction of sp³-hybridized carbons (Fsp3) is 0. The van der Waals surface area contributed by atoms with Gasteiger partial charge in [-0.25, -0.2) is 0 Å². The van der Waals surface area contributed by atoms with E-state index in [9.17, 15) is 14.9 Å². The Bertz CT molecular complexity index is 601. The van der Waals surface area contributed by atoms with Gasteiger partial charge < -0.3 is 5.32 Å². The third-order valence-electron chi connectivity index (χ3n) is 2.12. The zero-order valence-electron chi connectivity index (χ0n) is 8.68. The van der Waals surface area contributed by atoms with E-state index in [1.165, 1.54) is 24.3 Å². The summed E-state index contributed by atoms with van der Waals surface area (Å²) in [7, 11) is 0. The number of amides is 1. The smallest absolute Gasteiger partial charge is 0.278 e. The lowest BCUT2D eigenvalue weighted by Crippen LogP contribution is -2.17. The second-order valence-electron chi connectivity index (χ2n) is 3.31. The van der Waals surface area contributed by atoms with Crippen molar-refractivity contribution < 1.29 is 9.72 Å². The Kier molecular flexibility index (Phi) is 3.65. The molecule has 1 aliphatic rings. The van der Waals surface area contributed by atoms with Crippen LogP contribution in [0, 0.1) is 10.1 Å². The molecular formula is C10H5ClN2O3S2. The van der Waals surface area contributed by atoms with Gasteiger partial charge in [-0.2, -0.15) is 0 Å². The Labute approximate surface area is 116 Å². The molecule has 0 radical (unpaired) electrons. The minimum Gasteiger partial charge on any atom is -0.307 e. The summed E-state index contributed by atoms with van der Waals surface area (Å²) in [5, 5.41) is 13.6. The van der Waals surface area contributed by atoms with Crippen LogP contribution in [0.3, 0.4) is 0 Å². The number of carbonyl (C=O) groups is 1. The number of halogens is 1. The van der Waals surface area contributed by atoms with Crippen molar-refractivity contribution in [1.29, 1.82) is 0 Å². The Morgan fingerprint density at radius 1 is 1.50 bits per heavy atom. The molecule has 5 nitrogen and oxygen atoms in total. The molecule has 2 rings (SSSR count). The van der Waals surface area contributed by atoms with Crippen LogP contribution < -0.4 is 5.32 Å². The highest BCUT2D eigenvalue weighted by Gasteiger charge is 2.23. The normalized spacial score (nSPS) is 17.1. The van der Waals surface area contributed by atoms with Crippen LogP contribution in [0.1, 0.15) is 5.56 Å². The fourth-order valence-electron chi connectivity index (χ4n) is 1.36. The number of benzene rings is 1. The standard InChI is InChI=1S/C10H5ClN2O3S2/c11-6-2-1-5(7(4-6)13(15)16)3-8-9(14)12-10(17)18-8/h1-4H,(H,12,14,17)/b8-3-. The summed E-state index contributed by atoms with van der Waals surface area (Å²) in [5.74, 6) is -0.353. The summed E-state index contributed by atoms with van der Waals surface area (Å²) in [6, 6.07) is 4.25. The summed E-state index contributed by atoms with van der Waals surface area (Å²) >= 11 is 11.6. The van der Waals surface area contributed by atoms with E-state index < -0.39 is 4.92 Å². The molecule has 0 unspecified atom stereocenters. The van der Waals surface area contributed by atoms with Gasteiger partial charge in [0, 0.05) is 11.1 Å². The molecule has 0 aromatic heterocycles. The third kappa shape index (κ3) is 2.69. The average Bonchev–Trinajstić information content (AvgIpc) is 2.60. The second-order valence-corrected chi connectivity index (χ2v) is 5.47. The number of thiocarbonyl (C=S) groups is 1. The Morgan fingerprint density at radius 2 is 2.22 bits per heavy atom. The zero-order chi connectivity index (χ0) is 13.3. The number of thioether (sulfide) groups is 1. The number of nitro groups is 1. The molecule has 92 valence electrons. The third-order valence-corrected chi connectivity index (χ3v) is 3.52. The highest BCUT2D eigenvalue weighted by molar-refractivity contribution is 8.26. The van der Waals surface area contributed by atoms with E-state index in [2.05, 4.69) is 5.32 Å². The minimum absolute atomic E-state index is 0.152. The van der Waals surface area contributed by atoms with Crippen LogP contribution in [-0.4, -0.2) is 15.2 Å². The molecule has 0 atom stereocenters.